The van der Waals surface area contributed by atoms with Gasteiger partial charge in [-0.15, -0.1) is 0 Å². The molecule has 0 aromatic heterocycles. The minimum Gasteiger partial charge on any atom is -0.508 e. The van der Waals surface area contributed by atoms with Crippen LogP contribution < -0.4 is 0 Å². The van der Waals surface area contributed by atoms with Gasteiger partial charge in [0.05, 0.1) is 0 Å². The average molecular weight is 298 g/mol. The molecule has 2 N–H and O–H groups in total. The van der Waals surface area contributed by atoms with Crippen molar-refractivity contribution in [3.05, 3.63) is 59.7 Å². The molecule has 0 atom stereocenters. The Hall–Kier alpha value is -1.96. The Morgan fingerprint density at radius 3 is 1.55 bits per heavy atom. The summed E-state index contributed by atoms with van der Waals surface area (Å²) < 4.78 is 0. The van der Waals surface area contributed by atoms with Crippen LogP contribution in [0.5, 0.6) is 11.5 Å². The van der Waals surface area contributed by atoms with Crippen molar-refractivity contribution in [2.45, 2.75) is 45.4 Å². The molecule has 0 radical (unpaired) electrons. The second kappa shape index (κ2) is 6.87. The Morgan fingerprint density at radius 1 is 0.818 bits per heavy atom. The van der Waals surface area contributed by atoms with E-state index in [1.54, 1.807) is 24.3 Å². The Labute approximate surface area is 133 Å². The van der Waals surface area contributed by atoms with Crippen molar-refractivity contribution < 1.29 is 10.2 Å². The molecular formula is C20H26O2. The van der Waals surface area contributed by atoms with E-state index in [1.807, 2.05) is 24.3 Å². The van der Waals surface area contributed by atoms with Crippen molar-refractivity contribution in [2.24, 2.45) is 5.92 Å². The maximum Gasteiger partial charge on any atom is 0.115 e. The smallest absolute Gasteiger partial charge is 0.115 e. The fourth-order valence-electron chi connectivity index (χ4n) is 3.38. The first kappa shape index (κ1) is 16.4. The summed E-state index contributed by atoms with van der Waals surface area (Å²) in [5.74, 6) is 0.998. The molecule has 2 rings (SSSR count). The monoisotopic (exact) mass is 298 g/mol. The van der Waals surface area contributed by atoms with E-state index >= 15 is 0 Å². The standard InChI is InChI=1S/C20H26O2/c1-4-5-14-20(15(2)3,16-6-10-18(21)11-7-16)17-8-12-19(22)13-9-17/h6-13,15,21-22H,4-5,14H2,1-3H3. The summed E-state index contributed by atoms with van der Waals surface area (Å²) in [5.41, 5.74) is 2.34. The SMILES string of the molecule is CCCCC(c1ccc(O)cc1)(c1ccc(O)cc1)C(C)C. The third-order valence-electron chi connectivity index (χ3n) is 4.68. The summed E-state index contributed by atoms with van der Waals surface area (Å²) >= 11 is 0. The molecule has 22 heavy (non-hydrogen) atoms. The molecule has 0 aliphatic carbocycles. The van der Waals surface area contributed by atoms with E-state index in [1.165, 1.54) is 11.1 Å². The predicted molar refractivity (Wildman–Crippen MR) is 91.4 cm³/mol. The fraction of sp³-hybridized carbons (Fsp3) is 0.400. The van der Waals surface area contributed by atoms with Gasteiger partial charge in [0.1, 0.15) is 11.5 Å². The van der Waals surface area contributed by atoms with Crippen molar-refractivity contribution in [3.63, 3.8) is 0 Å². The molecule has 2 aromatic carbocycles. The number of phenolic OH excluding ortho intramolecular Hbond substituents is 2. The highest BCUT2D eigenvalue weighted by molar-refractivity contribution is 5.43. The number of benzene rings is 2. The Kier molecular flexibility index (Phi) is 5.12. The van der Waals surface area contributed by atoms with Crippen LogP contribution in [0.2, 0.25) is 0 Å². The van der Waals surface area contributed by atoms with E-state index in [9.17, 15) is 10.2 Å². The average Bonchev–Trinajstić information content (AvgIpc) is 2.50. The molecule has 2 aromatic rings. The number of aromatic hydroxyl groups is 2. The third-order valence-corrected chi connectivity index (χ3v) is 4.68. The molecule has 0 saturated carbocycles. The minimum atomic E-state index is -0.0998. The van der Waals surface area contributed by atoms with Gasteiger partial charge < -0.3 is 10.2 Å². The van der Waals surface area contributed by atoms with Crippen LogP contribution in [-0.4, -0.2) is 10.2 Å². The molecule has 0 amide bonds. The maximum atomic E-state index is 9.61. The lowest BCUT2D eigenvalue weighted by atomic mass is 9.64. The van der Waals surface area contributed by atoms with Crippen molar-refractivity contribution in [2.75, 3.05) is 0 Å². The van der Waals surface area contributed by atoms with Gasteiger partial charge in [0.15, 0.2) is 0 Å². The second-order valence-corrected chi connectivity index (χ2v) is 6.32. The van der Waals surface area contributed by atoms with Crippen molar-refractivity contribution in [1.82, 2.24) is 0 Å². The molecule has 0 aliphatic heterocycles. The number of hydrogen-bond acceptors (Lipinski definition) is 2. The predicted octanol–water partition coefficient (Wildman–Crippen LogP) is 5.23. The topological polar surface area (TPSA) is 40.5 Å². The number of rotatable bonds is 6. The van der Waals surface area contributed by atoms with E-state index in [0.29, 0.717) is 17.4 Å². The lowest BCUT2D eigenvalue weighted by molar-refractivity contribution is 0.334. The molecule has 0 heterocycles. The lowest BCUT2D eigenvalue weighted by Crippen LogP contribution is -2.33. The Balaban J connectivity index is 2.59. The van der Waals surface area contributed by atoms with Crippen LogP contribution in [0.4, 0.5) is 0 Å². The van der Waals surface area contributed by atoms with Crippen molar-refractivity contribution >= 4 is 0 Å². The van der Waals surface area contributed by atoms with Crippen LogP contribution in [-0.2, 0) is 5.41 Å². The van der Waals surface area contributed by atoms with Crippen molar-refractivity contribution in [3.8, 4) is 11.5 Å². The molecule has 118 valence electrons. The highest BCUT2D eigenvalue weighted by Gasteiger charge is 2.36. The zero-order valence-electron chi connectivity index (χ0n) is 13.7. The summed E-state index contributed by atoms with van der Waals surface area (Å²) in [6, 6.07) is 15.2. The van der Waals surface area contributed by atoms with Gasteiger partial charge in [-0.05, 0) is 47.7 Å². The molecule has 0 unspecified atom stereocenters. The summed E-state index contributed by atoms with van der Waals surface area (Å²) in [4.78, 5) is 0. The van der Waals surface area contributed by atoms with Crippen LogP contribution in [0.15, 0.2) is 48.5 Å². The second-order valence-electron chi connectivity index (χ2n) is 6.32. The van der Waals surface area contributed by atoms with Gasteiger partial charge in [-0.2, -0.15) is 0 Å². The molecule has 0 saturated heterocycles. The first-order valence-electron chi connectivity index (χ1n) is 8.09. The highest BCUT2D eigenvalue weighted by Crippen LogP contribution is 2.44. The van der Waals surface area contributed by atoms with E-state index in [-0.39, 0.29) is 5.41 Å². The molecule has 0 fully saturated rings. The molecule has 0 bridgehead atoms. The van der Waals surface area contributed by atoms with Gasteiger partial charge in [-0.25, -0.2) is 0 Å². The van der Waals surface area contributed by atoms with Crippen LogP contribution >= 0.6 is 0 Å². The van der Waals surface area contributed by atoms with Gasteiger partial charge in [-0.1, -0.05) is 57.9 Å². The summed E-state index contributed by atoms with van der Waals surface area (Å²) in [6.45, 7) is 6.70. The number of hydrogen-bond donors (Lipinski definition) is 2. The van der Waals surface area contributed by atoms with Gasteiger partial charge in [0.2, 0.25) is 0 Å². The van der Waals surface area contributed by atoms with Gasteiger partial charge >= 0.3 is 0 Å². The Bertz CT molecular complexity index is 537. The van der Waals surface area contributed by atoms with Gasteiger partial charge in [0, 0.05) is 5.41 Å². The van der Waals surface area contributed by atoms with E-state index in [0.717, 1.165) is 19.3 Å². The van der Waals surface area contributed by atoms with Gasteiger partial charge in [0.25, 0.3) is 0 Å². The Morgan fingerprint density at radius 2 is 1.23 bits per heavy atom. The fourth-order valence-corrected chi connectivity index (χ4v) is 3.38. The van der Waals surface area contributed by atoms with Gasteiger partial charge in [-0.3, -0.25) is 0 Å². The summed E-state index contributed by atoms with van der Waals surface area (Å²) in [6.07, 6.45) is 3.33. The van der Waals surface area contributed by atoms with Crippen LogP contribution in [0.25, 0.3) is 0 Å². The first-order valence-corrected chi connectivity index (χ1v) is 8.09. The normalized spacial score (nSPS) is 11.8. The highest BCUT2D eigenvalue weighted by atomic mass is 16.3. The number of phenols is 2. The van der Waals surface area contributed by atoms with Crippen LogP contribution in [0, 0.1) is 5.92 Å². The largest absolute Gasteiger partial charge is 0.508 e. The van der Waals surface area contributed by atoms with Crippen LogP contribution in [0.1, 0.15) is 51.2 Å². The minimum absolute atomic E-state index is 0.0998. The quantitative estimate of drug-likeness (QED) is 0.766. The van der Waals surface area contributed by atoms with E-state index < -0.39 is 0 Å². The van der Waals surface area contributed by atoms with Crippen molar-refractivity contribution in [1.29, 1.82) is 0 Å². The first-order chi connectivity index (χ1) is 10.5. The maximum absolute atomic E-state index is 9.61. The zero-order chi connectivity index (χ0) is 16.2. The lowest BCUT2D eigenvalue weighted by Gasteiger charge is -2.39. The molecular weight excluding hydrogens is 272 g/mol. The molecule has 0 spiro atoms. The molecule has 0 aliphatic rings. The summed E-state index contributed by atoms with van der Waals surface area (Å²) in [7, 11) is 0. The molecule has 2 nitrogen and oxygen atoms in total. The molecule has 2 heteroatoms. The van der Waals surface area contributed by atoms with Crippen LogP contribution in [0.3, 0.4) is 0 Å². The van der Waals surface area contributed by atoms with E-state index in [4.69, 9.17) is 0 Å². The number of unbranched alkanes of at least 4 members (excludes halogenated alkanes) is 1. The van der Waals surface area contributed by atoms with E-state index in [2.05, 4.69) is 20.8 Å². The third kappa shape index (κ3) is 3.11. The zero-order valence-corrected chi connectivity index (χ0v) is 13.7. The summed E-state index contributed by atoms with van der Waals surface area (Å²) in [5, 5.41) is 19.2.